The molecule has 3 heterocycles. The number of thioether (sulfide) groups is 2. The summed E-state index contributed by atoms with van der Waals surface area (Å²) in [5, 5.41) is 15.5. The number of aryl methyl sites for hydroxylation is 2. The number of aliphatic imine (C=N–C) groups is 1. The second kappa shape index (κ2) is 8.09. The monoisotopic (exact) mass is 457 g/mol. The number of hydrazone groups is 1. The molecule has 0 spiro atoms. The van der Waals surface area contributed by atoms with Crippen LogP contribution in [-0.2, 0) is 4.79 Å². The molecule has 0 radical (unpaired) electrons. The van der Waals surface area contributed by atoms with Crippen LogP contribution in [0.15, 0.2) is 39.9 Å². The molecular weight excluding hydrogens is 438 g/mol. The summed E-state index contributed by atoms with van der Waals surface area (Å²) in [6, 6.07) is 7.79. The van der Waals surface area contributed by atoms with E-state index in [0.717, 1.165) is 38.3 Å². The van der Waals surface area contributed by atoms with Crippen LogP contribution in [0.4, 0.5) is 0 Å². The van der Waals surface area contributed by atoms with E-state index in [1.54, 1.807) is 17.8 Å². The van der Waals surface area contributed by atoms with Crippen LogP contribution in [0.3, 0.4) is 0 Å². The molecule has 30 heavy (non-hydrogen) atoms. The number of nitrogens with one attached hydrogen (secondary N) is 1. The minimum Gasteiger partial charge on any atom is -0.318 e. The normalized spacial score (nSPS) is 17.5. The van der Waals surface area contributed by atoms with Gasteiger partial charge < -0.3 is 4.57 Å². The molecular formula is C21H20ClN5OS2. The quantitative estimate of drug-likeness (QED) is 0.627. The van der Waals surface area contributed by atoms with E-state index in [9.17, 15) is 4.79 Å². The van der Waals surface area contributed by atoms with Gasteiger partial charge in [0.05, 0.1) is 5.57 Å². The minimum atomic E-state index is -0.416. The minimum absolute atomic E-state index is 0.0490. The highest BCUT2D eigenvalue weighted by atomic mass is 35.5. The Labute approximate surface area is 188 Å². The van der Waals surface area contributed by atoms with Crippen molar-refractivity contribution in [2.75, 3.05) is 5.75 Å². The molecule has 0 saturated heterocycles. The van der Waals surface area contributed by atoms with Gasteiger partial charge in [-0.2, -0.15) is 10.0 Å². The number of hydrogen-bond acceptors (Lipinski definition) is 5. The number of carbonyl (C=O) groups is 1. The highest BCUT2D eigenvalue weighted by molar-refractivity contribution is 8.45. The number of amides is 1. The number of nitrogens with zero attached hydrogens (tertiary/aromatic N) is 4. The number of amidine groups is 2. The molecule has 0 unspecified atom stereocenters. The molecule has 6 nitrogen and oxygen atoms in total. The molecule has 0 aliphatic carbocycles. The van der Waals surface area contributed by atoms with Gasteiger partial charge in [-0.25, -0.2) is 0 Å². The van der Waals surface area contributed by atoms with E-state index in [0.29, 0.717) is 10.2 Å². The second-order valence-corrected chi connectivity index (χ2v) is 9.82. The van der Waals surface area contributed by atoms with E-state index >= 15 is 0 Å². The fourth-order valence-corrected chi connectivity index (χ4v) is 5.43. The second-order valence-electron chi connectivity index (χ2n) is 6.91. The summed E-state index contributed by atoms with van der Waals surface area (Å²) in [7, 11) is 0. The standard InChI is InChI=1S/C21H20ClN5OS2/c1-5-29-21-25-27-18(23)16(19(28)24-20(27)30-21)9-14-8-12(3)26(13(14)4)17-10-15(22)7-6-11(17)2/h6-10,23H,5H2,1-4H3/b16-9+,23-18?. The topological polar surface area (TPSA) is 73.8 Å². The number of fused-ring (bicyclic) bond motifs is 1. The highest BCUT2D eigenvalue weighted by Crippen LogP contribution is 2.33. The van der Waals surface area contributed by atoms with E-state index in [2.05, 4.69) is 14.7 Å². The summed E-state index contributed by atoms with van der Waals surface area (Å²) >= 11 is 9.12. The van der Waals surface area contributed by atoms with Crippen molar-refractivity contribution in [2.45, 2.75) is 27.7 Å². The average Bonchev–Trinajstić information content (AvgIpc) is 3.21. The van der Waals surface area contributed by atoms with Gasteiger partial charge in [0, 0.05) is 22.1 Å². The fourth-order valence-electron chi connectivity index (χ4n) is 3.44. The molecule has 0 saturated carbocycles. The molecule has 2 aromatic rings. The van der Waals surface area contributed by atoms with Crippen LogP contribution in [0.25, 0.3) is 11.8 Å². The first kappa shape index (κ1) is 21.0. The summed E-state index contributed by atoms with van der Waals surface area (Å²) in [6.45, 7) is 8.07. The van der Waals surface area contributed by atoms with E-state index in [-0.39, 0.29) is 11.4 Å². The SMILES string of the molecule is CCSC1=NN2C(=N)/C(=C\c3cc(C)n(-c4cc(Cl)ccc4C)c3C)C(=O)N=C2S1. The molecule has 0 fully saturated rings. The number of benzene rings is 1. The molecule has 1 aromatic heterocycles. The van der Waals surface area contributed by atoms with Crippen LogP contribution in [-0.4, -0.2) is 36.6 Å². The Morgan fingerprint density at radius 3 is 2.77 bits per heavy atom. The Morgan fingerprint density at radius 2 is 2.03 bits per heavy atom. The first-order valence-electron chi connectivity index (χ1n) is 9.38. The third kappa shape index (κ3) is 3.64. The Balaban J connectivity index is 1.75. The van der Waals surface area contributed by atoms with E-state index in [1.165, 1.54) is 16.8 Å². The van der Waals surface area contributed by atoms with Gasteiger partial charge in [0.25, 0.3) is 5.91 Å². The van der Waals surface area contributed by atoms with E-state index in [4.69, 9.17) is 17.0 Å². The summed E-state index contributed by atoms with van der Waals surface area (Å²) < 4.78 is 2.91. The average molecular weight is 458 g/mol. The maximum absolute atomic E-state index is 12.7. The van der Waals surface area contributed by atoms with Gasteiger partial charge in [0.1, 0.15) is 0 Å². The number of hydrogen-bond donors (Lipinski definition) is 1. The summed E-state index contributed by atoms with van der Waals surface area (Å²) in [6.07, 6.45) is 1.73. The Bertz CT molecular complexity index is 1180. The largest absolute Gasteiger partial charge is 0.318 e. The van der Waals surface area contributed by atoms with Crippen molar-refractivity contribution >= 4 is 62.5 Å². The maximum Gasteiger partial charge on any atom is 0.283 e. The predicted octanol–water partition coefficient (Wildman–Crippen LogP) is 5.39. The van der Waals surface area contributed by atoms with Crippen molar-refractivity contribution < 1.29 is 4.79 Å². The number of carbonyl (C=O) groups excluding carboxylic acids is 1. The Kier molecular flexibility index (Phi) is 5.65. The number of halogens is 1. The first-order chi connectivity index (χ1) is 14.3. The van der Waals surface area contributed by atoms with Crippen LogP contribution >= 0.6 is 35.1 Å². The van der Waals surface area contributed by atoms with Crippen molar-refractivity contribution in [3.8, 4) is 5.69 Å². The third-order valence-corrected chi connectivity index (χ3v) is 7.04. The van der Waals surface area contributed by atoms with Gasteiger partial charge in [-0.1, -0.05) is 36.4 Å². The lowest BCUT2D eigenvalue weighted by Gasteiger charge is -2.20. The van der Waals surface area contributed by atoms with Gasteiger partial charge in [-0.15, -0.1) is 5.10 Å². The molecule has 1 aromatic carbocycles. The zero-order valence-electron chi connectivity index (χ0n) is 17.0. The lowest BCUT2D eigenvalue weighted by atomic mass is 10.1. The van der Waals surface area contributed by atoms with Gasteiger partial charge in [0.2, 0.25) is 5.17 Å². The van der Waals surface area contributed by atoms with Crippen molar-refractivity contribution in [1.29, 1.82) is 5.41 Å². The van der Waals surface area contributed by atoms with Crippen molar-refractivity contribution in [3.63, 3.8) is 0 Å². The molecule has 2 aliphatic heterocycles. The lowest BCUT2D eigenvalue weighted by molar-refractivity contribution is -0.114. The van der Waals surface area contributed by atoms with Crippen molar-refractivity contribution in [3.05, 3.63) is 57.4 Å². The van der Waals surface area contributed by atoms with Crippen LogP contribution in [0.1, 0.15) is 29.4 Å². The van der Waals surface area contributed by atoms with E-state index < -0.39 is 5.91 Å². The van der Waals surface area contributed by atoms with Gasteiger partial charge in [0.15, 0.2) is 10.2 Å². The van der Waals surface area contributed by atoms with Gasteiger partial charge in [-0.05, 0) is 73.7 Å². The predicted molar refractivity (Wildman–Crippen MR) is 128 cm³/mol. The van der Waals surface area contributed by atoms with Gasteiger partial charge in [-0.3, -0.25) is 10.2 Å². The smallest absolute Gasteiger partial charge is 0.283 e. The fraction of sp³-hybridized carbons (Fsp3) is 0.238. The third-order valence-electron chi connectivity index (χ3n) is 4.89. The van der Waals surface area contributed by atoms with Crippen molar-refractivity contribution in [2.24, 2.45) is 10.1 Å². The van der Waals surface area contributed by atoms with Crippen LogP contribution < -0.4 is 0 Å². The Morgan fingerprint density at radius 1 is 1.27 bits per heavy atom. The van der Waals surface area contributed by atoms with Crippen LogP contribution in [0.5, 0.6) is 0 Å². The lowest BCUT2D eigenvalue weighted by Crippen LogP contribution is -2.35. The summed E-state index contributed by atoms with van der Waals surface area (Å²) in [5.74, 6) is 0.500. The van der Waals surface area contributed by atoms with Crippen LogP contribution in [0, 0.1) is 26.2 Å². The van der Waals surface area contributed by atoms with Crippen LogP contribution in [0.2, 0.25) is 5.02 Å². The molecule has 0 bridgehead atoms. The molecule has 2 aliphatic rings. The van der Waals surface area contributed by atoms with Gasteiger partial charge >= 0.3 is 0 Å². The zero-order valence-corrected chi connectivity index (χ0v) is 19.4. The van der Waals surface area contributed by atoms with Crippen molar-refractivity contribution in [1.82, 2.24) is 9.58 Å². The summed E-state index contributed by atoms with van der Waals surface area (Å²) in [4.78, 5) is 16.8. The molecule has 9 heteroatoms. The zero-order chi connectivity index (χ0) is 21.6. The molecule has 4 rings (SSSR count). The highest BCUT2D eigenvalue weighted by Gasteiger charge is 2.35. The molecule has 154 valence electrons. The number of aromatic nitrogens is 1. The van der Waals surface area contributed by atoms with E-state index in [1.807, 2.05) is 52.0 Å². The molecule has 0 atom stereocenters. The summed E-state index contributed by atoms with van der Waals surface area (Å²) in [5.41, 5.74) is 5.16. The Hall–Kier alpha value is -2.29. The first-order valence-corrected chi connectivity index (χ1v) is 11.6. The molecule has 1 amide bonds. The maximum atomic E-state index is 12.7. The number of rotatable bonds is 3. The molecule has 1 N–H and O–H groups in total.